The molecule has 6 amide bonds. The van der Waals surface area contributed by atoms with Crippen LogP contribution in [0.4, 0.5) is 0 Å². The summed E-state index contributed by atoms with van der Waals surface area (Å²) in [4.78, 5) is 236. The molecule has 10 atom stereocenters. The van der Waals surface area contributed by atoms with Gasteiger partial charge in [0, 0.05) is 126 Å². The highest BCUT2D eigenvalue weighted by atomic mass is 32.2. The fourth-order valence-electron chi connectivity index (χ4n) is 10.6. The number of guanidine groups is 1. The molecule has 99 heavy (non-hydrogen) atoms. The van der Waals surface area contributed by atoms with E-state index in [0.29, 0.717) is 19.3 Å². The van der Waals surface area contributed by atoms with E-state index in [1.165, 1.54) is 30.5 Å². The van der Waals surface area contributed by atoms with E-state index in [0.717, 1.165) is 0 Å². The van der Waals surface area contributed by atoms with Gasteiger partial charge in [0.2, 0.25) is 35.4 Å². The smallest absolute Gasteiger partial charge is 0.303 e. The Labute approximate surface area is 577 Å². The van der Waals surface area contributed by atoms with Gasteiger partial charge >= 0.3 is 29.8 Å². The normalized spacial score (nSPS) is 15.4. The highest BCUT2D eigenvalue weighted by Crippen LogP contribution is 2.23. The van der Waals surface area contributed by atoms with Crippen LogP contribution in [-0.4, -0.2) is 223 Å². The fraction of sp³-hybridized carbons (Fsp3) is 0.703. The quantitative estimate of drug-likeness (QED) is 0.0213. The molecule has 0 unspecified atom stereocenters. The van der Waals surface area contributed by atoms with Crippen LogP contribution in [0, 0.1) is 29.6 Å². The van der Waals surface area contributed by atoms with Gasteiger partial charge in [0.15, 0.2) is 34.9 Å². The molecule has 35 heteroatoms. The zero-order valence-corrected chi connectivity index (χ0v) is 57.7. The molecule has 1 saturated heterocycles. The maximum atomic E-state index is 13.9. The van der Waals surface area contributed by atoms with Crippen LogP contribution < -0.4 is 43.8 Å². The summed E-state index contributed by atoms with van der Waals surface area (Å²) in [6.45, 7) is 5.69. The number of carboxylic acid groups (broad SMARTS) is 5. The lowest BCUT2D eigenvalue weighted by molar-refractivity contribution is -0.142. The van der Waals surface area contributed by atoms with Gasteiger partial charge in [-0.1, -0.05) is 20.8 Å². The molecular formula is C64H100N10O24S. The van der Waals surface area contributed by atoms with E-state index >= 15 is 0 Å². The number of carbonyl (C=O) groups is 18. The number of aliphatic imine (C=N–C) groups is 1. The SMILES string of the molecule is CSC[C@H](NC(=O)CCC(=O)[C@H](CC(C)C)NC(=O)[C@@H]1CCCN1C(=O)COCCCC(=O)[C@@H](CCC(=O)O)NC(=O)[C@@H](CCC(=O)O)CC(=O)[C@@H](CCC(=O)O)NC(=O)[C@@H](CCC(=O)O)CC(=O)[C@H](N)CCC(=O)O)C(=O)C[C@@H](C)C(=O)NCC(=O)C[C@H](CCCN=C(N)N)C(C)=O. The fourth-order valence-corrected chi connectivity index (χ4v) is 11.2. The van der Waals surface area contributed by atoms with Crippen molar-refractivity contribution in [2.24, 2.45) is 51.8 Å². The number of Topliss-reactive ketones (excluding diaryl/α,β-unsaturated/α-hetero) is 7. The summed E-state index contributed by atoms with van der Waals surface area (Å²) in [6, 6.07) is -7.75. The van der Waals surface area contributed by atoms with Crippen molar-refractivity contribution < 1.29 is 117 Å². The topological polar surface area (TPSA) is 571 Å². The molecule has 1 rings (SSSR count). The molecule has 1 fully saturated rings. The monoisotopic (exact) mass is 1420 g/mol. The Hall–Kier alpha value is -8.60. The molecule has 0 aromatic rings. The van der Waals surface area contributed by atoms with E-state index in [2.05, 4.69) is 31.6 Å². The van der Waals surface area contributed by atoms with Crippen LogP contribution in [0.25, 0.3) is 0 Å². The second-order valence-electron chi connectivity index (χ2n) is 25.0. The molecular weight excluding hydrogens is 1320 g/mol. The molecule has 1 aliphatic heterocycles. The van der Waals surface area contributed by atoms with Crippen LogP contribution in [0.15, 0.2) is 4.99 Å². The van der Waals surface area contributed by atoms with Gasteiger partial charge in [0.05, 0.1) is 36.8 Å². The minimum atomic E-state index is -1.71. The third kappa shape index (κ3) is 37.8. The molecule has 16 N–H and O–H groups in total. The van der Waals surface area contributed by atoms with Gasteiger partial charge < -0.3 is 79.0 Å². The summed E-state index contributed by atoms with van der Waals surface area (Å²) in [7, 11) is 0. The summed E-state index contributed by atoms with van der Waals surface area (Å²) in [5.41, 5.74) is 16.5. The predicted molar refractivity (Wildman–Crippen MR) is 354 cm³/mol. The number of carboxylic acids is 5. The zero-order valence-electron chi connectivity index (χ0n) is 56.9. The summed E-state index contributed by atoms with van der Waals surface area (Å²) in [6.07, 6.45) is -5.57. The number of amides is 6. The first-order valence-electron chi connectivity index (χ1n) is 32.9. The minimum Gasteiger partial charge on any atom is -0.481 e. The van der Waals surface area contributed by atoms with E-state index < -0.39 is 237 Å². The zero-order chi connectivity index (χ0) is 75.1. The Morgan fingerprint density at radius 3 is 1.60 bits per heavy atom. The van der Waals surface area contributed by atoms with Crippen LogP contribution in [0.3, 0.4) is 0 Å². The van der Waals surface area contributed by atoms with Gasteiger partial charge in [-0.2, -0.15) is 11.8 Å². The van der Waals surface area contributed by atoms with E-state index in [1.807, 2.05) is 13.8 Å². The Bertz CT molecular complexity index is 2890. The minimum absolute atomic E-state index is 0.0965. The number of ketones is 7. The third-order valence-corrected chi connectivity index (χ3v) is 16.9. The second-order valence-corrected chi connectivity index (χ2v) is 25.9. The van der Waals surface area contributed by atoms with Gasteiger partial charge in [-0.3, -0.25) is 91.3 Å². The molecule has 1 heterocycles. The second kappa shape index (κ2) is 47.4. The van der Waals surface area contributed by atoms with Gasteiger partial charge in [-0.15, -0.1) is 0 Å². The molecule has 34 nitrogen and oxygen atoms in total. The van der Waals surface area contributed by atoms with Crippen LogP contribution in [0.5, 0.6) is 0 Å². The summed E-state index contributed by atoms with van der Waals surface area (Å²) in [5.74, 6) is -20.3. The number of nitrogens with one attached hydrogen (secondary N) is 5. The number of likely N-dealkylation sites (tertiary alicyclic amines) is 1. The Kier molecular flexibility index (Phi) is 42.3. The van der Waals surface area contributed by atoms with Crippen molar-refractivity contribution in [3.63, 3.8) is 0 Å². The highest BCUT2D eigenvalue weighted by Gasteiger charge is 2.38. The standard InChI is InChI=1S/C64H100N10O24S/c1-35(2)27-45(49(78)17-18-53(82)70-46(34-99-5)51(80)28-36(3)60(94)69-32-41(76)29-38(37(4)75)9-6-24-68-64(66)67)73-63(97)47-10-7-25-74(47)54(83)33-98-26-8-11-48(77)43(15-22-58(90)91)71-62(96)40(13-20-56(86)87)31-52(81)44(16-23-59(92)93)72-61(95)39(12-19-55(84)85)30-50(79)42(65)14-21-57(88)89/h35-36,38-40,42-47H,6-34,65H2,1-5H3,(H,69,94)(H,70,82)(H,71,96)(H,72,95)(H,73,97)(H,84,85)(H,86,87)(H,88,89)(H,90,91)(H,92,93)(H4,66,67,68)/t36-,38+,39+,40+,42-,43-,44-,45+,46+,47+/m1/s1. The lowest BCUT2D eigenvalue weighted by Crippen LogP contribution is -2.52. The summed E-state index contributed by atoms with van der Waals surface area (Å²) >= 11 is 1.25. The molecule has 0 bridgehead atoms. The summed E-state index contributed by atoms with van der Waals surface area (Å²) in [5, 5.41) is 59.3. The molecule has 0 aliphatic carbocycles. The lowest BCUT2D eigenvalue weighted by atomic mass is 9.89. The van der Waals surface area contributed by atoms with Crippen molar-refractivity contribution >= 4 is 123 Å². The predicted octanol–water partition coefficient (Wildman–Crippen LogP) is -0.228. The highest BCUT2D eigenvalue weighted by molar-refractivity contribution is 7.98. The Balaban J connectivity index is 3.03. The molecule has 0 saturated carbocycles. The lowest BCUT2D eigenvalue weighted by Gasteiger charge is -2.27. The molecule has 0 spiro atoms. The number of thioether (sulfide) groups is 1. The van der Waals surface area contributed by atoms with Crippen molar-refractivity contribution in [2.75, 3.05) is 44.9 Å². The van der Waals surface area contributed by atoms with Gasteiger partial charge in [0.25, 0.3) is 0 Å². The largest absolute Gasteiger partial charge is 0.481 e. The van der Waals surface area contributed by atoms with Crippen molar-refractivity contribution in [3.8, 4) is 0 Å². The number of aliphatic carboxylic acids is 5. The van der Waals surface area contributed by atoms with E-state index in [9.17, 15) is 107 Å². The number of nitrogens with zero attached hydrogens (tertiary/aromatic N) is 2. The molecule has 0 aromatic carbocycles. The van der Waals surface area contributed by atoms with Gasteiger partial charge in [-0.25, -0.2) is 0 Å². The maximum Gasteiger partial charge on any atom is 0.303 e. The third-order valence-electron chi connectivity index (χ3n) is 16.2. The molecule has 0 aromatic heterocycles. The summed E-state index contributed by atoms with van der Waals surface area (Å²) < 4.78 is 5.57. The average Bonchev–Trinajstić information content (AvgIpc) is 1.78. The maximum absolute atomic E-state index is 13.9. The van der Waals surface area contributed by atoms with Crippen LogP contribution in [0.1, 0.15) is 175 Å². The number of ether oxygens (including phenoxy) is 1. The molecule has 556 valence electrons. The Morgan fingerprint density at radius 1 is 0.556 bits per heavy atom. The van der Waals surface area contributed by atoms with Gasteiger partial charge in [-0.05, 0) is 89.7 Å². The van der Waals surface area contributed by atoms with Crippen LogP contribution in [0.2, 0.25) is 0 Å². The number of rotatable bonds is 56. The van der Waals surface area contributed by atoms with Crippen molar-refractivity contribution in [1.29, 1.82) is 0 Å². The van der Waals surface area contributed by atoms with E-state index in [4.69, 9.17) is 27.0 Å². The first-order valence-corrected chi connectivity index (χ1v) is 34.3. The first-order chi connectivity index (χ1) is 46.4. The average molecular weight is 1430 g/mol. The number of hydrogen-bond acceptors (Lipinski definition) is 22. The number of carbonyl (C=O) groups excluding carboxylic acids is 13. The Morgan fingerprint density at radius 2 is 1.07 bits per heavy atom. The number of nitrogens with two attached hydrogens (primary N) is 3. The van der Waals surface area contributed by atoms with E-state index in [-0.39, 0.29) is 107 Å². The number of hydrogen-bond donors (Lipinski definition) is 13. The first kappa shape index (κ1) is 88.4. The molecule has 1 aliphatic rings. The van der Waals surface area contributed by atoms with Crippen molar-refractivity contribution in [1.82, 2.24) is 31.5 Å². The molecule has 0 radical (unpaired) electrons. The van der Waals surface area contributed by atoms with Crippen molar-refractivity contribution in [2.45, 2.75) is 212 Å². The van der Waals surface area contributed by atoms with Crippen LogP contribution in [-0.2, 0) is 91.0 Å². The van der Waals surface area contributed by atoms with Gasteiger partial charge in [0.1, 0.15) is 24.2 Å². The van der Waals surface area contributed by atoms with E-state index in [1.54, 1.807) is 6.26 Å². The van der Waals surface area contributed by atoms with Crippen LogP contribution >= 0.6 is 11.8 Å². The van der Waals surface area contributed by atoms with Crippen molar-refractivity contribution in [3.05, 3.63) is 0 Å².